The molecule has 2 aromatic rings. The highest BCUT2D eigenvalue weighted by atomic mass is 35.5. The number of carbonyl (C=O) groups excluding carboxylic acids is 2. The third kappa shape index (κ3) is 4.11. The van der Waals surface area contributed by atoms with Gasteiger partial charge in [0.15, 0.2) is 0 Å². The van der Waals surface area contributed by atoms with Gasteiger partial charge in [-0.15, -0.1) is 0 Å². The Morgan fingerprint density at radius 2 is 1.60 bits per heavy atom. The second-order valence-corrected chi connectivity index (χ2v) is 9.82. The maximum Gasteiger partial charge on any atom is 0.404 e. The smallest absolute Gasteiger partial charge is 0.404 e. The number of nitrogens with zero attached hydrogens (tertiary/aromatic N) is 1. The maximum absolute atomic E-state index is 14.2. The monoisotopic (exact) mass is 569 g/mol. The van der Waals surface area contributed by atoms with E-state index in [-0.39, 0.29) is 37.0 Å². The van der Waals surface area contributed by atoms with E-state index in [1.54, 1.807) is 0 Å². The second kappa shape index (κ2) is 8.70. The van der Waals surface area contributed by atoms with Crippen molar-refractivity contribution in [1.29, 1.82) is 0 Å². The summed E-state index contributed by atoms with van der Waals surface area (Å²) in [4.78, 5) is 39.9. The van der Waals surface area contributed by atoms with Crippen LogP contribution in [0.15, 0.2) is 30.3 Å². The van der Waals surface area contributed by atoms with Crippen molar-refractivity contribution in [2.45, 2.75) is 17.8 Å². The maximum atomic E-state index is 14.2. The molecule has 4 rings (SSSR count). The van der Waals surface area contributed by atoms with Crippen LogP contribution in [-0.2, 0) is 19.9 Å². The Bertz CT molecular complexity index is 1250. The summed E-state index contributed by atoms with van der Waals surface area (Å²) in [6.07, 6.45) is -5.12. The summed E-state index contributed by atoms with van der Waals surface area (Å²) in [5.74, 6) is -8.59. The lowest BCUT2D eigenvalue weighted by Gasteiger charge is -2.30. The highest BCUT2D eigenvalue weighted by Crippen LogP contribution is 2.54. The number of aliphatic carboxylic acids is 1. The zero-order valence-corrected chi connectivity index (χ0v) is 20.4. The molecule has 7 nitrogen and oxygen atoms in total. The highest BCUT2D eigenvalue weighted by molar-refractivity contribution is 6.38. The van der Waals surface area contributed by atoms with E-state index >= 15 is 0 Å². The van der Waals surface area contributed by atoms with E-state index < -0.39 is 47.4 Å². The molecule has 0 saturated carbocycles. The molecule has 1 spiro atoms. The third-order valence-electron chi connectivity index (χ3n) is 6.11. The number of nitrogens with one attached hydrogen (secondary N) is 2. The molecule has 1 unspecified atom stereocenters. The Balaban J connectivity index is 1.91. The lowest BCUT2D eigenvalue weighted by molar-refractivity contribution is -0.169. The van der Waals surface area contributed by atoms with Crippen LogP contribution in [0, 0.1) is 11.8 Å². The quantitative estimate of drug-likeness (QED) is 0.484. The van der Waals surface area contributed by atoms with E-state index in [9.17, 15) is 32.7 Å². The number of benzene rings is 2. The molecule has 0 aliphatic carbocycles. The fourth-order valence-corrected chi connectivity index (χ4v) is 5.73. The number of carboxylic acid groups (broad SMARTS) is 1. The van der Waals surface area contributed by atoms with Crippen LogP contribution >= 0.6 is 46.4 Å². The number of anilines is 2. The van der Waals surface area contributed by atoms with Crippen molar-refractivity contribution in [2.24, 2.45) is 11.8 Å². The fraction of sp³-hybridized carbons (Fsp3) is 0.286. The first kappa shape index (κ1) is 25.8. The topological polar surface area (TPSA) is 98.7 Å². The van der Waals surface area contributed by atoms with E-state index in [0.717, 1.165) is 18.0 Å². The number of halogens is 7. The number of hydrogen-bond acceptors (Lipinski definition) is 4. The molecule has 2 aromatic carbocycles. The lowest BCUT2D eigenvalue weighted by atomic mass is 9.74. The first-order valence-electron chi connectivity index (χ1n) is 9.80. The Hall–Kier alpha value is -2.24. The summed E-state index contributed by atoms with van der Waals surface area (Å²) in [6.45, 7) is 0. The molecule has 0 bridgehead atoms. The molecule has 2 amide bonds. The van der Waals surface area contributed by atoms with Crippen molar-refractivity contribution in [3.05, 3.63) is 56.0 Å². The van der Waals surface area contributed by atoms with Crippen LogP contribution in [0.2, 0.25) is 20.1 Å². The molecular weight excluding hydrogens is 557 g/mol. The molecule has 0 radical (unpaired) electrons. The van der Waals surface area contributed by atoms with E-state index in [0.29, 0.717) is 0 Å². The van der Waals surface area contributed by atoms with Crippen molar-refractivity contribution < 1.29 is 32.7 Å². The van der Waals surface area contributed by atoms with Crippen LogP contribution in [-0.4, -0.2) is 42.2 Å². The van der Waals surface area contributed by atoms with Crippen LogP contribution in [0.5, 0.6) is 0 Å². The van der Waals surface area contributed by atoms with Crippen LogP contribution in [0.4, 0.5) is 24.5 Å². The van der Waals surface area contributed by atoms with Crippen LogP contribution in [0.1, 0.15) is 5.56 Å². The summed E-state index contributed by atoms with van der Waals surface area (Å²) >= 11 is 24.1. The molecule has 2 heterocycles. The van der Waals surface area contributed by atoms with Gasteiger partial charge in [0.1, 0.15) is 17.5 Å². The Kier molecular flexibility index (Phi) is 6.43. The molecule has 186 valence electrons. The molecule has 1 saturated heterocycles. The first-order valence-corrected chi connectivity index (χ1v) is 11.3. The Labute approximate surface area is 216 Å². The van der Waals surface area contributed by atoms with Crippen LogP contribution < -0.4 is 15.5 Å². The van der Waals surface area contributed by atoms with Crippen molar-refractivity contribution in [3.8, 4) is 0 Å². The largest absolute Gasteiger partial charge is 0.481 e. The lowest BCUT2D eigenvalue weighted by Crippen LogP contribution is -2.53. The Morgan fingerprint density at radius 3 is 2.14 bits per heavy atom. The molecule has 0 aromatic heterocycles. The summed E-state index contributed by atoms with van der Waals surface area (Å²) in [5.41, 5.74) is -2.75. The van der Waals surface area contributed by atoms with E-state index in [2.05, 4.69) is 10.6 Å². The molecule has 2 aliphatic heterocycles. The van der Waals surface area contributed by atoms with Gasteiger partial charge in [-0.1, -0.05) is 46.4 Å². The number of carbonyl (C=O) groups is 3. The minimum Gasteiger partial charge on any atom is -0.481 e. The molecule has 4 atom stereocenters. The average molecular weight is 571 g/mol. The van der Waals surface area contributed by atoms with Gasteiger partial charge in [-0.2, -0.15) is 13.2 Å². The summed E-state index contributed by atoms with van der Waals surface area (Å²) in [7, 11) is 1.15. The average Bonchev–Trinajstić information content (AvgIpc) is 3.24. The van der Waals surface area contributed by atoms with Crippen molar-refractivity contribution in [3.63, 3.8) is 0 Å². The van der Waals surface area contributed by atoms with Crippen molar-refractivity contribution >= 4 is 75.6 Å². The number of amides is 2. The number of alkyl halides is 3. The first-order chi connectivity index (χ1) is 16.2. The van der Waals surface area contributed by atoms with E-state index in [1.807, 2.05) is 0 Å². The fourth-order valence-electron chi connectivity index (χ4n) is 4.68. The zero-order chi connectivity index (χ0) is 26.0. The number of rotatable bonds is 3. The van der Waals surface area contributed by atoms with E-state index in [4.69, 9.17) is 46.4 Å². The molecule has 14 heteroatoms. The number of fused-ring (bicyclic) bond motifs is 2. The zero-order valence-electron chi connectivity index (χ0n) is 17.4. The number of carboxylic acids is 1. The molecular formula is C21H14Cl4F3N3O4. The summed E-state index contributed by atoms with van der Waals surface area (Å²) in [5, 5.41) is 14.6. The van der Waals surface area contributed by atoms with Gasteiger partial charge in [0.2, 0.25) is 11.8 Å². The predicted octanol–water partition coefficient (Wildman–Crippen LogP) is 4.96. The van der Waals surface area contributed by atoms with Crippen molar-refractivity contribution in [2.75, 3.05) is 17.3 Å². The van der Waals surface area contributed by atoms with Crippen LogP contribution in [0.3, 0.4) is 0 Å². The minimum atomic E-state index is -5.12. The van der Waals surface area contributed by atoms with Gasteiger partial charge in [-0.3, -0.25) is 19.7 Å². The standard InChI is InChI=1S/C21H14Cl4F3N3O4/c1-31(10-3-7(22)2-8(23)4-10)17(32)13-14(18(33)34)20(30-16(13)21(26,27)28)11-5-9(24)6-12(25)15(11)29-19(20)35/h2-6,13-14,16,30H,1H3,(H,29,35)(H,33,34)/t13-,14+,16+,20?/m1/s1. The molecule has 1 fully saturated rings. The minimum absolute atomic E-state index is 0.0286. The molecule has 2 aliphatic rings. The van der Waals surface area contributed by atoms with Gasteiger partial charge >= 0.3 is 12.1 Å². The van der Waals surface area contributed by atoms with Gasteiger partial charge in [-0.05, 0) is 30.3 Å². The molecule has 3 N–H and O–H groups in total. The van der Waals surface area contributed by atoms with Gasteiger partial charge < -0.3 is 15.3 Å². The third-order valence-corrected chi connectivity index (χ3v) is 7.07. The van der Waals surface area contributed by atoms with Crippen LogP contribution in [0.25, 0.3) is 0 Å². The second-order valence-electron chi connectivity index (χ2n) is 8.10. The molecule has 35 heavy (non-hydrogen) atoms. The van der Waals surface area contributed by atoms with Gasteiger partial charge in [-0.25, -0.2) is 0 Å². The number of hydrogen-bond donors (Lipinski definition) is 3. The van der Waals surface area contributed by atoms with Crippen molar-refractivity contribution in [1.82, 2.24) is 5.32 Å². The van der Waals surface area contributed by atoms with Gasteiger partial charge in [0, 0.05) is 33.4 Å². The predicted molar refractivity (Wildman–Crippen MR) is 124 cm³/mol. The van der Waals surface area contributed by atoms with Gasteiger partial charge in [0.25, 0.3) is 0 Å². The SMILES string of the molecule is CN(C(=O)[C@@H]1[C@@H](C(=O)O)C2(N[C@@H]1C(F)(F)F)C(=O)Nc1c(Cl)cc(Cl)cc12)c1cc(Cl)cc(Cl)c1. The highest BCUT2D eigenvalue weighted by Gasteiger charge is 2.71. The normalized spacial score (nSPS) is 25.5. The van der Waals surface area contributed by atoms with E-state index in [1.165, 1.54) is 24.3 Å². The van der Waals surface area contributed by atoms with Gasteiger partial charge in [0.05, 0.1) is 16.6 Å². The summed E-state index contributed by atoms with van der Waals surface area (Å²) in [6, 6.07) is 3.58. The Morgan fingerprint density at radius 1 is 1.03 bits per heavy atom. The summed E-state index contributed by atoms with van der Waals surface area (Å²) < 4.78 is 42.7.